The van der Waals surface area contributed by atoms with Crippen LogP contribution in [0.1, 0.15) is 5.56 Å². The Kier molecular flexibility index (Phi) is 4.46. The van der Waals surface area contributed by atoms with Gasteiger partial charge < -0.3 is 10.5 Å². The van der Waals surface area contributed by atoms with E-state index in [1.165, 1.54) is 18.2 Å². The molecule has 21 heavy (non-hydrogen) atoms. The number of alkyl halides is 3. The number of nitrogens with two attached hydrogens (primary N) is 1. The number of rotatable bonds is 2. The maximum atomic E-state index is 13.0. The van der Waals surface area contributed by atoms with Gasteiger partial charge in [0, 0.05) is 11.8 Å². The van der Waals surface area contributed by atoms with Crippen molar-refractivity contribution < 1.29 is 17.9 Å². The van der Waals surface area contributed by atoms with Gasteiger partial charge in [0.15, 0.2) is 0 Å². The maximum absolute atomic E-state index is 13.0. The molecule has 0 heterocycles. The second-order valence-electron chi connectivity index (χ2n) is 4.05. The van der Waals surface area contributed by atoms with Crippen molar-refractivity contribution in [3.05, 3.63) is 51.0 Å². The molecule has 0 aliphatic heterocycles. The van der Waals surface area contributed by atoms with Crippen molar-refractivity contribution in [2.45, 2.75) is 6.18 Å². The third kappa shape index (κ3) is 3.67. The molecular formula is C13H7Cl3F3NO. The molecule has 8 heteroatoms. The van der Waals surface area contributed by atoms with Crippen LogP contribution in [0.15, 0.2) is 30.3 Å². The van der Waals surface area contributed by atoms with Crippen molar-refractivity contribution in [1.29, 1.82) is 0 Å². The molecular weight excluding hydrogens is 350 g/mol. The van der Waals surface area contributed by atoms with Crippen molar-refractivity contribution in [1.82, 2.24) is 0 Å². The first-order valence-corrected chi connectivity index (χ1v) is 6.61. The Balaban J connectivity index is 2.47. The predicted octanol–water partition coefficient (Wildman–Crippen LogP) is 6.04. The van der Waals surface area contributed by atoms with E-state index >= 15 is 0 Å². The molecule has 2 aromatic rings. The molecule has 0 fully saturated rings. The highest BCUT2D eigenvalue weighted by molar-refractivity contribution is 6.43. The first-order valence-electron chi connectivity index (χ1n) is 5.47. The minimum atomic E-state index is -4.62. The van der Waals surface area contributed by atoms with Crippen molar-refractivity contribution in [2.24, 2.45) is 0 Å². The first-order chi connectivity index (χ1) is 9.68. The normalized spacial score (nSPS) is 11.5. The second-order valence-corrected chi connectivity index (χ2v) is 5.27. The lowest BCUT2D eigenvalue weighted by atomic mass is 10.1. The molecule has 0 radical (unpaired) electrons. The summed E-state index contributed by atoms with van der Waals surface area (Å²) in [5.74, 6) is -0.474. The molecule has 0 atom stereocenters. The van der Waals surface area contributed by atoms with Gasteiger partial charge in [-0.05, 0) is 24.3 Å². The molecule has 0 spiro atoms. The van der Waals surface area contributed by atoms with Gasteiger partial charge >= 0.3 is 6.18 Å². The Bertz CT molecular complexity index is 689. The molecule has 2 N–H and O–H groups in total. The van der Waals surface area contributed by atoms with Gasteiger partial charge in [-0.2, -0.15) is 13.2 Å². The monoisotopic (exact) mass is 355 g/mol. The predicted molar refractivity (Wildman–Crippen MR) is 77.4 cm³/mol. The highest BCUT2D eigenvalue weighted by Gasteiger charge is 2.35. The van der Waals surface area contributed by atoms with Gasteiger partial charge in [-0.15, -0.1) is 0 Å². The molecule has 112 valence electrons. The summed E-state index contributed by atoms with van der Waals surface area (Å²) in [6.07, 6.45) is -4.62. The lowest BCUT2D eigenvalue weighted by Crippen LogP contribution is -2.08. The van der Waals surface area contributed by atoms with Crippen LogP contribution in [-0.2, 0) is 6.18 Å². The molecule has 2 rings (SSSR count). The number of anilines is 1. The lowest BCUT2D eigenvalue weighted by molar-refractivity contribution is -0.138. The summed E-state index contributed by atoms with van der Waals surface area (Å²) in [4.78, 5) is 0. The van der Waals surface area contributed by atoms with Crippen LogP contribution in [-0.4, -0.2) is 0 Å². The molecule has 0 amide bonds. The topological polar surface area (TPSA) is 35.2 Å². The fraction of sp³-hybridized carbons (Fsp3) is 0.0769. The van der Waals surface area contributed by atoms with Crippen molar-refractivity contribution in [2.75, 3.05) is 5.73 Å². The Labute approximate surface area is 133 Å². The van der Waals surface area contributed by atoms with E-state index in [2.05, 4.69) is 0 Å². The molecule has 0 saturated carbocycles. The average molecular weight is 357 g/mol. The van der Waals surface area contributed by atoms with E-state index in [1.807, 2.05) is 0 Å². The summed E-state index contributed by atoms with van der Waals surface area (Å²) in [6.45, 7) is 0. The van der Waals surface area contributed by atoms with Crippen LogP contribution in [0.3, 0.4) is 0 Å². The van der Waals surface area contributed by atoms with Crippen LogP contribution in [0, 0.1) is 0 Å². The van der Waals surface area contributed by atoms with Crippen molar-refractivity contribution in [3.63, 3.8) is 0 Å². The van der Waals surface area contributed by atoms with Gasteiger partial charge in [0.05, 0.1) is 15.1 Å². The highest BCUT2D eigenvalue weighted by Crippen LogP contribution is 2.42. The fourth-order valence-electron chi connectivity index (χ4n) is 1.56. The van der Waals surface area contributed by atoms with Crippen LogP contribution in [0.2, 0.25) is 15.1 Å². The Morgan fingerprint density at radius 1 is 0.857 bits per heavy atom. The van der Waals surface area contributed by atoms with Gasteiger partial charge in [0.2, 0.25) is 0 Å². The number of ether oxygens (including phenoxy) is 1. The zero-order valence-corrected chi connectivity index (χ0v) is 12.4. The largest absolute Gasteiger partial charge is 0.455 e. The van der Waals surface area contributed by atoms with Crippen LogP contribution in [0.4, 0.5) is 18.9 Å². The number of benzene rings is 2. The Morgan fingerprint density at radius 2 is 1.48 bits per heavy atom. The van der Waals surface area contributed by atoms with Crippen LogP contribution in [0.25, 0.3) is 0 Å². The van der Waals surface area contributed by atoms with Crippen molar-refractivity contribution >= 4 is 40.5 Å². The Morgan fingerprint density at radius 3 is 2.10 bits per heavy atom. The summed E-state index contributed by atoms with van der Waals surface area (Å²) < 4.78 is 44.1. The second kappa shape index (κ2) is 5.83. The highest BCUT2D eigenvalue weighted by atomic mass is 35.5. The fourth-order valence-corrected chi connectivity index (χ4v) is 2.13. The van der Waals surface area contributed by atoms with E-state index in [9.17, 15) is 13.2 Å². The maximum Gasteiger partial charge on any atom is 0.420 e. The van der Waals surface area contributed by atoms with Gasteiger partial charge in [-0.25, -0.2) is 0 Å². The van der Waals surface area contributed by atoms with E-state index in [-0.39, 0.29) is 26.5 Å². The molecule has 0 saturated heterocycles. The van der Waals surface area contributed by atoms with Crippen LogP contribution < -0.4 is 10.5 Å². The molecule has 0 aromatic heterocycles. The number of hydrogen-bond donors (Lipinski definition) is 1. The molecule has 0 aliphatic rings. The SMILES string of the molecule is Nc1ccc(Oc2cc(Cl)c(Cl)cc2Cl)c(C(F)(F)F)c1. The molecule has 2 aromatic carbocycles. The summed E-state index contributed by atoms with van der Waals surface area (Å²) in [6, 6.07) is 5.70. The number of hydrogen-bond acceptors (Lipinski definition) is 2. The minimum Gasteiger partial charge on any atom is -0.455 e. The van der Waals surface area contributed by atoms with Crippen molar-refractivity contribution in [3.8, 4) is 11.5 Å². The van der Waals surface area contributed by atoms with Crippen LogP contribution >= 0.6 is 34.8 Å². The number of nitrogen functional groups attached to an aromatic ring is 1. The van der Waals surface area contributed by atoms with E-state index in [1.54, 1.807) is 0 Å². The van der Waals surface area contributed by atoms with Gasteiger partial charge in [0.25, 0.3) is 0 Å². The van der Waals surface area contributed by atoms with Gasteiger partial charge in [-0.3, -0.25) is 0 Å². The van der Waals surface area contributed by atoms with Gasteiger partial charge in [-0.1, -0.05) is 34.8 Å². The minimum absolute atomic E-state index is 0.0325. The van der Waals surface area contributed by atoms with E-state index in [0.29, 0.717) is 0 Å². The summed E-state index contributed by atoms with van der Waals surface area (Å²) >= 11 is 17.4. The molecule has 0 aliphatic carbocycles. The summed E-state index contributed by atoms with van der Waals surface area (Å²) in [7, 11) is 0. The molecule has 0 bridgehead atoms. The molecule has 0 unspecified atom stereocenters. The van der Waals surface area contributed by atoms with E-state index < -0.39 is 17.5 Å². The third-order valence-electron chi connectivity index (χ3n) is 2.50. The quantitative estimate of drug-likeness (QED) is 0.526. The molecule has 2 nitrogen and oxygen atoms in total. The first kappa shape index (κ1) is 16.1. The third-order valence-corrected chi connectivity index (χ3v) is 3.52. The van der Waals surface area contributed by atoms with E-state index in [4.69, 9.17) is 45.3 Å². The average Bonchev–Trinajstić information content (AvgIpc) is 2.36. The summed E-state index contributed by atoms with van der Waals surface area (Å²) in [5, 5.41) is 0.316. The van der Waals surface area contributed by atoms with Gasteiger partial charge in [0.1, 0.15) is 17.1 Å². The zero-order valence-electron chi connectivity index (χ0n) is 10.1. The lowest BCUT2D eigenvalue weighted by Gasteiger charge is -2.15. The standard InChI is InChI=1S/C13H7Cl3F3NO/c14-8-4-10(16)12(5-9(8)15)21-11-2-1-6(20)3-7(11)13(17,18)19/h1-5H,20H2. The smallest absolute Gasteiger partial charge is 0.420 e. The Hall–Kier alpha value is -1.30. The number of halogens is 6. The van der Waals surface area contributed by atoms with Crippen LogP contribution in [0.5, 0.6) is 11.5 Å². The zero-order chi connectivity index (χ0) is 15.8. The van der Waals surface area contributed by atoms with E-state index in [0.717, 1.165) is 12.1 Å². The summed E-state index contributed by atoms with van der Waals surface area (Å²) in [5.41, 5.74) is 4.33.